The topological polar surface area (TPSA) is 32.3 Å². The van der Waals surface area contributed by atoms with Gasteiger partial charge in [0.15, 0.2) is 0 Å². The van der Waals surface area contributed by atoms with Gasteiger partial charge in [0.05, 0.1) is 12.1 Å². The van der Waals surface area contributed by atoms with Crippen molar-refractivity contribution in [1.82, 2.24) is 5.32 Å². The highest BCUT2D eigenvalue weighted by atomic mass is 16.3. The third kappa shape index (κ3) is 2.05. The normalized spacial score (nSPS) is 22.6. The van der Waals surface area contributed by atoms with Gasteiger partial charge in [-0.3, -0.25) is 0 Å². The minimum Gasteiger partial charge on any atom is -0.386 e. The van der Waals surface area contributed by atoms with Gasteiger partial charge in [-0.1, -0.05) is 48.5 Å². The van der Waals surface area contributed by atoms with Crippen LogP contribution in [0.25, 0.3) is 0 Å². The second kappa shape index (κ2) is 4.72. The molecule has 1 saturated carbocycles. The molecule has 0 saturated heterocycles. The SMILES string of the molecule is OC(c1ccc(C2CC2)cc1)C1NCc2ccccc21. The van der Waals surface area contributed by atoms with E-state index in [1.807, 2.05) is 6.07 Å². The van der Waals surface area contributed by atoms with Crippen LogP contribution in [-0.4, -0.2) is 5.11 Å². The van der Waals surface area contributed by atoms with Crippen molar-refractivity contribution in [2.24, 2.45) is 0 Å². The van der Waals surface area contributed by atoms with Crippen LogP contribution >= 0.6 is 0 Å². The van der Waals surface area contributed by atoms with Crippen LogP contribution in [0.15, 0.2) is 48.5 Å². The number of aliphatic hydroxyl groups is 1. The van der Waals surface area contributed by atoms with Crippen molar-refractivity contribution in [3.8, 4) is 0 Å². The molecule has 1 aliphatic heterocycles. The Balaban J connectivity index is 1.59. The van der Waals surface area contributed by atoms with Crippen molar-refractivity contribution >= 4 is 0 Å². The van der Waals surface area contributed by atoms with E-state index >= 15 is 0 Å². The van der Waals surface area contributed by atoms with Crippen LogP contribution in [0.5, 0.6) is 0 Å². The molecule has 2 heteroatoms. The Kier molecular flexibility index (Phi) is 2.86. The fourth-order valence-electron chi connectivity index (χ4n) is 3.18. The van der Waals surface area contributed by atoms with Crippen LogP contribution in [0, 0.1) is 0 Å². The third-order valence-corrected chi connectivity index (χ3v) is 4.55. The summed E-state index contributed by atoms with van der Waals surface area (Å²) in [6.45, 7) is 0.845. The molecule has 1 fully saturated rings. The number of fused-ring (bicyclic) bond motifs is 1. The quantitative estimate of drug-likeness (QED) is 0.891. The molecule has 1 heterocycles. The molecule has 0 aromatic heterocycles. The van der Waals surface area contributed by atoms with Crippen LogP contribution < -0.4 is 5.32 Å². The Morgan fingerprint density at radius 3 is 2.50 bits per heavy atom. The minimum absolute atomic E-state index is 0.0120. The third-order valence-electron chi connectivity index (χ3n) is 4.55. The molecule has 0 bridgehead atoms. The standard InChI is InChI=1S/C18H19NO/c20-18(14-9-7-13(8-10-14)12-5-6-12)17-16-4-2-1-3-15(16)11-19-17/h1-4,7-10,12,17-20H,5-6,11H2. The lowest BCUT2D eigenvalue weighted by molar-refractivity contribution is 0.133. The van der Waals surface area contributed by atoms with Gasteiger partial charge >= 0.3 is 0 Å². The summed E-state index contributed by atoms with van der Waals surface area (Å²) in [6.07, 6.45) is 2.16. The summed E-state index contributed by atoms with van der Waals surface area (Å²) >= 11 is 0. The summed E-state index contributed by atoms with van der Waals surface area (Å²) in [7, 11) is 0. The molecule has 4 rings (SSSR count). The predicted molar refractivity (Wildman–Crippen MR) is 79.4 cm³/mol. The van der Waals surface area contributed by atoms with Crippen LogP contribution in [0.3, 0.4) is 0 Å². The van der Waals surface area contributed by atoms with Crippen molar-refractivity contribution in [3.63, 3.8) is 0 Å². The second-order valence-electron chi connectivity index (χ2n) is 5.94. The monoisotopic (exact) mass is 265 g/mol. The largest absolute Gasteiger partial charge is 0.386 e. The van der Waals surface area contributed by atoms with E-state index in [4.69, 9.17) is 0 Å². The minimum atomic E-state index is -0.480. The Hall–Kier alpha value is -1.64. The Labute approximate surface area is 119 Å². The molecule has 2 N–H and O–H groups in total. The first-order chi connectivity index (χ1) is 9.83. The summed E-state index contributed by atoms with van der Waals surface area (Å²) < 4.78 is 0. The number of nitrogens with one attached hydrogen (secondary N) is 1. The van der Waals surface area contributed by atoms with E-state index in [1.165, 1.54) is 29.5 Å². The zero-order valence-electron chi connectivity index (χ0n) is 11.4. The van der Waals surface area contributed by atoms with Crippen LogP contribution in [0.1, 0.15) is 53.2 Å². The lowest BCUT2D eigenvalue weighted by Gasteiger charge is -2.20. The predicted octanol–water partition coefficient (Wildman–Crippen LogP) is 3.44. The van der Waals surface area contributed by atoms with E-state index in [-0.39, 0.29) is 6.04 Å². The Morgan fingerprint density at radius 1 is 1.00 bits per heavy atom. The van der Waals surface area contributed by atoms with E-state index in [1.54, 1.807) is 0 Å². The Morgan fingerprint density at radius 2 is 1.75 bits per heavy atom. The second-order valence-corrected chi connectivity index (χ2v) is 5.94. The summed E-state index contributed by atoms with van der Waals surface area (Å²) in [5.41, 5.74) is 4.95. The molecule has 0 radical (unpaired) electrons. The molecule has 0 spiro atoms. The number of hydrogen-bond acceptors (Lipinski definition) is 2. The molecular formula is C18H19NO. The highest BCUT2D eigenvalue weighted by Gasteiger charge is 2.29. The first kappa shape index (κ1) is 12.1. The molecule has 2 atom stereocenters. The maximum atomic E-state index is 10.6. The van der Waals surface area contributed by atoms with Crippen molar-refractivity contribution in [2.75, 3.05) is 0 Å². The van der Waals surface area contributed by atoms with Crippen LogP contribution in [0.2, 0.25) is 0 Å². The van der Waals surface area contributed by atoms with E-state index in [0.29, 0.717) is 0 Å². The number of rotatable bonds is 3. The average molecular weight is 265 g/mol. The van der Waals surface area contributed by atoms with Gasteiger partial charge in [0, 0.05) is 6.54 Å². The molecule has 2 aliphatic rings. The van der Waals surface area contributed by atoms with Crippen LogP contribution in [-0.2, 0) is 6.54 Å². The summed E-state index contributed by atoms with van der Waals surface area (Å²) in [6, 6.07) is 16.9. The van der Waals surface area contributed by atoms with Crippen molar-refractivity contribution < 1.29 is 5.11 Å². The Bertz CT molecular complexity index is 616. The van der Waals surface area contributed by atoms with Gasteiger partial charge < -0.3 is 10.4 Å². The molecule has 20 heavy (non-hydrogen) atoms. The first-order valence-corrected chi connectivity index (χ1v) is 7.42. The summed E-state index contributed by atoms with van der Waals surface area (Å²) in [4.78, 5) is 0. The van der Waals surface area contributed by atoms with Gasteiger partial charge in [-0.05, 0) is 41.0 Å². The fourth-order valence-corrected chi connectivity index (χ4v) is 3.18. The number of aliphatic hydroxyl groups excluding tert-OH is 1. The van der Waals surface area contributed by atoms with Crippen LogP contribution in [0.4, 0.5) is 0 Å². The van der Waals surface area contributed by atoms with Gasteiger partial charge in [0.1, 0.15) is 0 Å². The van der Waals surface area contributed by atoms with E-state index in [9.17, 15) is 5.11 Å². The van der Waals surface area contributed by atoms with Crippen molar-refractivity contribution in [3.05, 3.63) is 70.8 Å². The lowest BCUT2D eigenvalue weighted by atomic mass is 9.95. The molecule has 2 aromatic rings. The van der Waals surface area contributed by atoms with E-state index in [2.05, 4.69) is 47.8 Å². The molecule has 2 nitrogen and oxygen atoms in total. The van der Waals surface area contributed by atoms with E-state index < -0.39 is 6.10 Å². The van der Waals surface area contributed by atoms with Gasteiger partial charge in [-0.25, -0.2) is 0 Å². The fraction of sp³-hybridized carbons (Fsp3) is 0.333. The van der Waals surface area contributed by atoms with E-state index in [0.717, 1.165) is 18.0 Å². The lowest BCUT2D eigenvalue weighted by Crippen LogP contribution is -2.20. The molecule has 1 aliphatic carbocycles. The van der Waals surface area contributed by atoms with Gasteiger partial charge in [-0.2, -0.15) is 0 Å². The maximum absolute atomic E-state index is 10.6. The zero-order chi connectivity index (χ0) is 13.5. The maximum Gasteiger partial charge on any atom is 0.0984 e. The number of hydrogen-bond donors (Lipinski definition) is 2. The highest BCUT2D eigenvalue weighted by Crippen LogP contribution is 2.41. The van der Waals surface area contributed by atoms with Gasteiger partial charge in [0.2, 0.25) is 0 Å². The summed E-state index contributed by atoms with van der Waals surface area (Å²) in [5, 5.41) is 14.1. The van der Waals surface area contributed by atoms with Gasteiger partial charge in [0.25, 0.3) is 0 Å². The zero-order valence-corrected chi connectivity index (χ0v) is 11.4. The molecular weight excluding hydrogens is 246 g/mol. The van der Waals surface area contributed by atoms with Crippen molar-refractivity contribution in [1.29, 1.82) is 0 Å². The first-order valence-electron chi connectivity index (χ1n) is 7.42. The molecule has 102 valence electrons. The summed E-state index contributed by atoms with van der Waals surface area (Å²) in [5.74, 6) is 0.770. The van der Waals surface area contributed by atoms with Crippen molar-refractivity contribution in [2.45, 2.75) is 37.5 Å². The number of benzene rings is 2. The average Bonchev–Trinajstić information content (AvgIpc) is 3.26. The van der Waals surface area contributed by atoms with Gasteiger partial charge in [-0.15, -0.1) is 0 Å². The smallest absolute Gasteiger partial charge is 0.0984 e. The molecule has 0 amide bonds. The highest BCUT2D eigenvalue weighted by molar-refractivity contribution is 5.37. The molecule has 2 aromatic carbocycles. The molecule has 2 unspecified atom stereocenters.